The number of nitrogens with zero attached hydrogens (tertiary/aromatic N) is 3. The maximum atomic E-state index is 11.4. The molecule has 1 amide bonds. The highest BCUT2D eigenvalue weighted by molar-refractivity contribution is 7.99. The van der Waals surface area contributed by atoms with Crippen LogP contribution in [0.4, 0.5) is 5.95 Å². The first-order valence-corrected chi connectivity index (χ1v) is 10.6. The van der Waals surface area contributed by atoms with Crippen molar-refractivity contribution in [2.24, 2.45) is 0 Å². The molecule has 3 N–H and O–H groups in total. The molecule has 0 bridgehead atoms. The van der Waals surface area contributed by atoms with Crippen molar-refractivity contribution in [2.75, 3.05) is 18.5 Å². The number of hydrogen-bond donors (Lipinski definition) is 2. The standard InChI is InChI=1S/C20H20ClN5O2S/c1-23-15(27)6-3-7-29-20-25-18(24-19(22)26-20)17-13-5-2-4-11-9-28-10-12(16(11)13)8-14(17)21/h2,4-5,8H,3,6-7,9-10H2,1H3,(H,23,27)(H2,22,24,25,26). The van der Waals surface area contributed by atoms with Crippen molar-refractivity contribution in [3.8, 4) is 11.4 Å². The van der Waals surface area contributed by atoms with Crippen LogP contribution in [0.25, 0.3) is 22.2 Å². The molecule has 0 radical (unpaired) electrons. The molecule has 29 heavy (non-hydrogen) atoms. The lowest BCUT2D eigenvalue weighted by Gasteiger charge is -2.20. The molecule has 3 aromatic rings. The number of ether oxygens (including phenoxy) is 1. The van der Waals surface area contributed by atoms with Crippen molar-refractivity contribution in [2.45, 2.75) is 31.2 Å². The van der Waals surface area contributed by atoms with Crippen molar-refractivity contribution in [3.63, 3.8) is 0 Å². The molecule has 0 saturated heterocycles. The molecule has 1 aromatic heterocycles. The van der Waals surface area contributed by atoms with E-state index in [-0.39, 0.29) is 11.9 Å². The van der Waals surface area contributed by atoms with Gasteiger partial charge in [0.05, 0.1) is 18.2 Å². The SMILES string of the molecule is CNC(=O)CCCSc1nc(N)nc(-c2c(Cl)cc3c4c(cccc24)COC3)n1. The van der Waals surface area contributed by atoms with Gasteiger partial charge in [0.2, 0.25) is 11.9 Å². The Morgan fingerprint density at radius 3 is 2.93 bits per heavy atom. The van der Waals surface area contributed by atoms with Gasteiger partial charge in [0.15, 0.2) is 11.0 Å². The lowest BCUT2D eigenvalue weighted by atomic mass is 9.94. The van der Waals surface area contributed by atoms with Crippen molar-refractivity contribution in [1.82, 2.24) is 20.3 Å². The number of nitrogens with two attached hydrogens (primary N) is 1. The van der Waals surface area contributed by atoms with Gasteiger partial charge in [0, 0.05) is 24.8 Å². The number of anilines is 1. The molecular formula is C20H20ClN5O2S. The second kappa shape index (κ2) is 8.52. The largest absolute Gasteiger partial charge is 0.372 e. The Labute approximate surface area is 177 Å². The summed E-state index contributed by atoms with van der Waals surface area (Å²) in [4.78, 5) is 24.5. The van der Waals surface area contributed by atoms with E-state index >= 15 is 0 Å². The number of aromatic nitrogens is 3. The maximum absolute atomic E-state index is 11.4. The molecule has 2 aromatic carbocycles. The molecule has 9 heteroatoms. The van der Waals surface area contributed by atoms with Crippen molar-refractivity contribution in [1.29, 1.82) is 0 Å². The zero-order valence-electron chi connectivity index (χ0n) is 15.9. The Bertz CT molecular complexity index is 1090. The highest BCUT2D eigenvalue weighted by Gasteiger charge is 2.21. The number of rotatable bonds is 6. The number of amides is 1. The first kappa shape index (κ1) is 19.9. The zero-order chi connectivity index (χ0) is 20.4. The number of nitrogens with one attached hydrogen (secondary N) is 1. The van der Waals surface area contributed by atoms with Gasteiger partial charge in [-0.1, -0.05) is 41.6 Å². The van der Waals surface area contributed by atoms with E-state index < -0.39 is 0 Å². The first-order chi connectivity index (χ1) is 14.1. The second-order valence-corrected chi connectivity index (χ2v) is 8.12. The summed E-state index contributed by atoms with van der Waals surface area (Å²) >= 11 is 8.08. The van der Waals surface area contributed by atoms with Crippen LogP contribution < -0.4 is 11.1 Å². The Morgan fingerprint density at radius 1 is 1.28 bits per heavy atom. The fourth-order valence-electron chi connectivity index (χ4n) is 3.42. The normalized spacial score (nSPS) is 12.9. The van der Waals surface area contributed by atoms with Gasteiger partial charge >= 0.3 is 0 Å². The number of nitrogen functional groups attached to an aromatic ring is 1. The van der Waals surface area contributed by atoms with Crippen LogP contribution in [-0.2, 0) is 22.7 Å². The number of carbonyl (C=O) groups excluding carboxylic acids is 1. The van der Waals surface area contributed by atoms with E-state index in [0.29, 0.717) is 47.8 Å². The summed E-state index contributed by atoms with van der Waals surface area (Å²) in [6.07, 6.45) is 1.17. The highest BCUT2D eigenvalue weighted by atomic mass is 35.5. The summed E-state index contributed by atoms with van der Waals surface area (Å²) in [7, 11) is 1.63. The smallest absolute Gasteiger partial charge is 0.224 e. The average molecular weight is 430 g/mol. The Hall–Kier alpha value is -2.42. The topological polar surface area (TPSA) is 103 Å². The number of hydrogen-bond acceptors (Lipinski definition) is 7. The van der Waals surface area contributed by atoms with Gasteiger partial charge in [-0.3, -0.25) is 4.79 Å². The third-order valence-electron chi connectivity index (χ3n) is 4.71. The van der Waals surface area contributed by atoms with Crippen LogP contribution in [0.2, 0.25) is 5.02 Å². The molecular weight excluding hydrogens is 410 g/mol. The third-order valence-corrected chi connectivity index (χ3v) is 5.94. The monoisotopic (exact) mass is 429 g/mol. The molecule has 0 atom stereocenters. The number of benzene rings is 2. The number of carbonyl (C=O) groups is 1. The van der Waals surface area contributed by atoms with E-state index in [0.717, 1.165) is 27.5 Å². The molecule has 0 saturated carbocycles. The molecule has 150 valence electrons. The van der Waals surface area contributed by atoms with Gasteiger partial charge in [-0.25, -0.2) is 4.98 Å². The molecule has 1 aliphatic heterocycles. The van der Waals surface area contributed by atoms with Crippen LogP contribution in [0, 0.1) is 0 Å². The molecule has 0 spiro atoms. The predicted molar refractivity (Wildman–Crippen MR) is 115 cm³/mol. The molecule has 4 rings (SSSR count). The van der Waals surface area contributed by atoms with Crippen LogP contribution in [0.5, 0.6) is 0 Å². The zero-order valence-corrected chi connectivity index (χ0v) is 17.4. The summed E-state index contributed by atoms with van der Waals surface area (Å²) in [6.45, 7) is 1.09. The Kier molecular flexibility index (Phi) is 5.84. The fraction of sp³-hybridized carbons (Fsp3) is 0.300. The van der Waals surface area contributed by atoms with E-state index in [1.165, 1.54) is 11.8 Å². The number of halogens is 1. The summed E-state index contributed by atoms with van der Waals surface area (Å²) in [5.41, 5.74) is 8.88. The Morgan fingerprint density at radius 2 is 2.10 bits per heavy atom. The van der Waals surface area contributed by atoms with E-state index in [1.54, 1.807) is 7.05 Å². The fourth-order valence-corrected chi connectivity index (χ4v) is 4.51. The van der Waals surface area contributed by atoms with Crippen LogP contribution in [-0.4, -0.2) is 33.7 Å². The Balaban J connectivity index is 1.70. The minimum atomic E-state index is 0.0148. The average Bonchev–Trinajstić information content (AvgIpc) is 2.71. The van der Waals surface area contributed by atoms with Crippen LogP contribution in [0.15, 0.2) is 29.4 Å². The van der Waals surface area contributed by atoms with Crippen LogP contribution in [0.3, 0.4) is 0 Å². The van der Waals surface area contributed by atoms with E-state index in [9.17, 15) is 4.79 Å². The van der Waals surface area contributed by atoms with Crippen molar-refractivity contribution >= 4 is 46.0 Å². The predicted octanol–water partition coefficient (Wildman–Crippen LogP) is 3.58. The van der Waals surface area contributed by atoms with Crippen LogP contribution in [0.1, 0.15) is 24.0 Å². The molecule has 1 aliphatic rings. The second-order valence-electron chi connectivity index (χ2n) is 6.65. The molecule has 7 nitrogen and oxygen atoms in total. The maximum Gasteiger partial charge on any atom is 0.224 e. The van der Waals surface area contributed by atoms with Crippen molar-refractivity contribution in [3.05, 3.63) is 40.4 Å². The summed E-state index contributed by atoms with van der Waals surface area (Å²) in [5.74, 6) is 1.31. The highest BCUT2D eigenvalue weighted by Crippen LogP contribution is 2.39. The molecule has 0 unspecified atom stereocenters. The molecule has 2 heterocycles. The molecule has 0 aliphatic carbocycles. The minimum absolute atomic E-state index is 0.0148. The van der Waals surface area contributed by atoms with E-state index in [4.69, 9.17) is 22.1 Å². The van der Waals surface area contributed by atoms with Crippen molar-refractivity contribution < 1.29 is 9.53 Å². The molecule has 0 fully saturated rings. The summed E-state index contributed by atoms with van der Waals surface area (Å²) in [5, 5.41) is 5.80. The van der Waals surface area contributed by atoms with Gasteiger partial charge in [0.1, 0.15) is 0 Å². The first-order valence-electron chi connectivity index (χ1n) is 9.23. The van der Waals surface area contributed by atoms with Gasteiger partial charge in [-0.2, -0.15) is 9.97 Å². The number of thioether (sulfide) groups is 1. The third kappa shape index (κ3) is 4.14. The van der Waals surface area contributed by atoms with Crippen LogP contribution >= 0.6 is 23.4 Å². The van der Waals surface area contributed by atoms with E-state index in [2.05, 4.69) is 26.3 Å². The summed E-state index contributed by atoms with van der Waals surface area (Å²) < 4.78 is 5.65. The summed E-state index contributed by atoms with van der Waals surface area (Å²) in [6, 6.07) is 7.97. The van der Waals surface area contributed by atoms with Gasteiger partial charge in [0.25, 0.3) is 0 Å². The quantitative estimate of drug-likeness (QED) is 0.456. The minimum Gasteiger partial charge on any atom is -0.372 e. The van der Waals surface area contributed by atoms with E-state index in [1.807, 2.05) is 18.2 Å². The van der Waals surface area contributed by atoms with Gasteiger partial charge < -0.3 is 15.8 Å². The lowest BCUT2D eigenvalue weighted by Crippen LogP contribution is -2.17. The van der Waals surface area contributed by atoms with Gasteiger partial charge in [-0.15, -0.1) is 0 Å². The lowest BCUT2D eigenvalue weighted by molar-refractivity contribution is -0.120. The van der Waals surface area contributed by atoms with Gasteiger partial charge in [-0.05, 0) is 34.4 Å².